The van der Waals surface area contributed by atoms with Crippen LogP contribution in [0.25, 0.3) is 11.6 Å². The van der Waals surface area contributed by atoms with Crippen molar-refractivity contribution >= 4 is 17.7 Å². The van der Waals surface area contributed by atoms with Gasteiger partial charge in [0.25, 0.3) is 0 Å². The lowest BCUT2D eigenvalue weighted by Crippen LogP contribution is -2.32. The van der Waals surface area contributed by atoms with Gasteiger partial charge in [0.2, 0.25) is 5.91 Å². The van der Waals surface area contributed by atoms with Crippen LogP contribution in [0, 0.1) is 5.82 Å². The van der Waals surface area contributed by atoms with Crippen molar-refractivity contribution in [2.45, 2.75) is 23.8 Å². The first kappa shape index (κ1) is 18.2. The molecule has 0 bridgehead atoms. The molecule has 0 saturated carbocycles. The number of furan rings is 1. The molecule has 3 aromatic rings. The second-order valence-electron chi connectivity index (χ2n) is 5.77. The van der Waals surface area contributed by atoms with Crippen LogP contribution in [0.1, 0.15) is 12.5 Å². The Morgan fingerprint density at radius 3 is 2.77 bits per heavy atom. The van der Waals surface area contributed by atoms with E-state index in [9.17, 15) is 9.18 Å². The monoisotopic (exact) mass is 374 g/mol. The lowest BCUT2D eigenvalue weighted by molar-refractivity contribution is -0.120. The summed E-state index contributed by atoms with van der Waals surface area (Å²) >= 11 is 1.33. The third-order valence-electron chi connectivity index (χ3n) is 3.85. The van der Waals surface area contributed by atoms with E-state index in [0.29, 0.717) is 29.7 Å². The van der Waals surface area contributed by atoms with Crippen molar-refractivity contribution in [2.24, 2.45) is 7.05 Å². The molecule has 1 atom stereocenters. The molecular formula is C18H19FN4O2S. The predicted molar refractivity (Wildman–Crippen MR) is 97.1 cm³/mol. The first-order valence-corrected chi connectivity index (χ1v) is 9.04. The fraction of sp³-hybridized carbons (Fsp3) is 0.278. The highest BCUT2D eigenvalue weighted by molar-refractivity contribution is 8.00. The molecule has 136 valence electrons. The Bertz CT molecular complexity index is 862. The van der Waals surface area contributed by atoms with Gasteiger partial charge in [-0.2, -0.15) is 0 Å². The van der Waals surface area contributed by atoms with Gasteiger partial charge in [-0.3, -0.25) is 4.79 Å². The Morgan fingerprint density at radius 1 is 1.31 bits per heavy atom. The maximum Gasteiger partial charge on any atom is 0.233 e. The fourth-order valence-corrected chi connectivity index (χ4v) is 3.21. The molecule has 2 aromatic heterocycles. The molecule has 0 aliphatic carbocycles. The van der Waals surface area contributed by atoms with Gasteiger partial charge in [-0.15, -0.1) is 10.2 Å². The summed E-state index contributed by atoms with van der Waals surface area (Å²) in [5.74, 6) is 0.893. The summed E-state index contributed by atoms with van der Waals surface area (Å²) in [6, 6.07) is 9.86. The molecule has 0 fully saturated rings. The average molecular weight is 374 g/mol. The van der Waals surface area contributed by atoms with E-state index in [1.165, 1.54) is 23.9 Å². The van der Waals surface area contributed by atoms with E-state index in [1.807, 2.05) is 20.0 Å². The smallest absolute Gasteiger partial charge is 0.233 e. The molecule has 3 rings (SSSR count). The lowest BCUT2D eigenvalue weighted by Gasteiger charge is -2.11. The van der Waals surface area contributed by atoms with Gasteiger partial charge in [0.05, 0.1) is 11.5 Å². The second-order valence-corrected chi connectivity index (χ2v) is 7.08. The highest BCUT2D eigenvalue weighted by Crippen LogP contribution is 2.25. The summed E-state index contributed by atoms with van der Waals surface area (Å²) in [7, 11) is 1.83. The number of carbonyl (C=O) groups is 1. The van der Waals surface area contributed by atoms with Crippen molar-refractivity contribution in [2.75, 3.05) is 6.54 Å². The number of hydrogen-bond donors (Lipinski definition) is 1. The Labute approximate surface area is 154 Å². The minimum atomic E-state index is -0.324. The summed E-state index contributed by atoms with van der Waals surface area (Å²) in [4.78, 5) is 12.3. The van der Waals surface area contributed by atoms with Crippen LogP contribution in [-0.4, -0.2) is 32.5 Å². The molecule has 0 aliphatic heterocycles. The number of benzene rings is 1. The molecule has 0 radical (unpaired) electrons. The number of thioether (sulfide) groups is 1. The zero-order valence-electron chi connectivity index (χ0n) is 14.5. The Hall–Kier alpha value is -2.61. The number of nitrogens with zero attached hydrogens (tertiary/aromatic N) is 3. The molecular weight excluding hydrogens is 355 g/mol. The molecule has 8 heteroatoms. The van der Waals surface area contributed by atoms with Crippen molar-refractivity contribution in [3.8, 4) is 11.6 Å². The molecule has 1 aromatic carbocycles. The van der Waals surface area contributed by atoms with Crippen molar-refractivity contribution in [1.29, 1.82) is 0 Å². The second kappa shape index (κ2) is 8.18. The van der Waals surface area contributed by atoms with E-state index in [0.717, 1.165) is 5.56 Å². The Balaban J connectivity index is 1.52. The van der Waals surface area contributed by atoms with E-state index in [1.54, 1.807) is 29.0 Å². The fourth-order valence-electron chi connectivity index (χ4n) is 2.37. The molecule has 0 spiro atoms. The van der Waals surface area contributed by atoms with Crippen molar-refractivity contribution in [3.63, 3.8) is 0 Å². The molecule has 1 N–H and O–H groups in total. The van der Waals surface area contributed by atoms with Crippen LogP contribution < -0.4 is 5.32 Å². The van der Waals surface area contributed by atoms with E-state index in [4.69, 9.17) is 4.42 Å². The third-order valence-corrected chi connectivity index (χ3v) is 4.99. The van der Waals surface area contributed by atoms with Crippen LogP contribution in [0.4, 0.5) is 4.39 Å². The number of aromatic nitrogens is 3. The molecule has 0 saturated heterocycles. The van der Waals surface area contributed by atoms with Crippen LogP contribution in [0.15, 0.2) is 52.2 Å². The number of carbonyl (C=O) groups excluding carboxylic acids is 1. The third kappa shape index (κ3) is 4.32. The predicted octanol–water partition coefficient (Wildman–Crippen LogP) is 3.05. The van der Waals surface area contributed by atoms with Gasteiger partial charge in [0, 0.05) is 13.6 Å². The largest absolute Gasteiger partial charge is 0.461 e. The zero-order valence-corrected chi connectivity index (χ0v) is 15.3. The molecule has 0 aliphatic rings. The molecule has 2 heterocycles. The maximum atomic E-state index is 12.9. The summed E-state index contributed by atoms with van der Waals surface area (Å²) in [5.41, 5.74) is 0.975. The van der Waals surface area contributed by atoms with Gasteiger partial charge >= 0.3 is 0 Å². The van der Waals surface area contributed by atoms with Gasteiger partial charge in [-0.1, -0.05) is 23.9 Å². The number of halogens is 1. The standard InChI is InChI=1S/C18H19FN4O2S/c1-12(17(24)20-10-9-13-5-7-14(19)8-6-13)26-18-22-21-16(23(18)2)15-4-3-11-25-15/h3-8,11-12H,9-10H2,1-2H3,(H,20,24)/t12-/m0/s1. The molecule has 6 nitrogen and oxygen atoms in total. The van der Waals surface area contributed by atoms with Gasteiger partial charge < -0.3 is 14.3 Å². The number of rotatable bonds is 7. The molecule has 0 unspecified atom stereocenters. The highest BCUT2D eigenvalue weighted by Gasteiger charge is 2.19. The van der Waals surface area contributed by atoms with E-state index >= 15 is 0 Å². The van der Waals surface area contributed by atoms with E-state index in [2.05, 4.69) is 15.5 Å². The quantitative estimate of drug-likeness (QED) is 0.644. The first-order valence-electron chi connectivity index (χ1n) is 8.16. The minimum Gasteiger partial charge on any atom is -0.461 e. The number of amides is 1. The van der Waals surface area contributed by atoms with Crippen molar-refractivity contribution in [1.82, 2.24) is 20.1 Å². The normalized spacial score (nSPS) is 12.1. The van der Waals surface area contributed by atoms with Crippen LogP contribution in [-0.2, 0) is 18.3 Å². The van der Waals surface area contributed by atoms with Crippen molar-refractivity contribution < 1.29 is 13.6 Å². The maximum absolute atomic E-state index is 12.9. The van der Waals surface area contributed by atoms with Gasteiger partial charge in [-0.25, -0.2) is 4.39 Å². The van der Waals surface area contributed by atoms with Gasteiger partial charge in [0.15, 0.2) is 16.7 Å². The number of nitrogens with one attached hydrogen (secondary N) is 1. The summed E-state index contributed by atoms with van der Waals surface area (Å²) < 4.78 is 20.0. The molecule has 1 amide bonds. The van der Waals surface area contributed by atoms with Gasteiger partial charge in [-0.05, 0) is 43.2 Å². The summed E-state index contributed by atoms with van der Waals surface area (Å²) in [6.45, 7) is 2.31. The van der Waals surface area contributed by atoms with Crippen molar-refractivity contribution in [3.05, 3.63) is 54.0 Å². The number of hydrogen-bond acceptors (Lipinski definition) is 5. The van der Waals surface area contributed by atoms with Crippen LogP contribution in [0.3, 0.4) is 0 Å². The summed E-state index contributed by atoms with van der Waals surface area (Å²) in [5, 5.41) is 11.4. The zero-order chi connectivity index (χ0) is 18.5. The summed E-state index contributed by atoms with van der Waals surface area (Å²) in [6.07, 6.45) is 2.23. The Morgan fingerprint density at radius 2 is 2.08 bits per heavy atom. The average Bonchev–Trinajstić information content (AvgIpc) is 3.27. The molecule has 26 heavy (non-hydrogen) atoms. The Kier molecular flexibility index (Phi) is 5.72. The van der Waals surface area contributed by atoms with E-state index in [-0.39, 0.29) is 17.0 Å². The van der Waals surface area contributed by atoms with Crippen LogP contribution in [0.2, 0.25) is 0 Å². The minimum absolute atomic E-state index is 0.0836. The van der Waals surface area contributed by atoms with Crippen LogP contribution in [0.5, 0.6) is 0 Å². The lowest BCUT2D eigenvalue weighted by atomic mass is 10.1. The first-order chi connectivity index (χ1) is 12.5. The van der Waals surface area contributed by atoms with Crippen LogP contribution >= 0.6 is 11.8 Å². The van der Waals surface area contributed by atoms with E-state index < -0.39 is 0 Å². The SMILES string of the molecule is C[C@H](Sc1nnc(-c2ccco2)n1C)C(=O)NCCc1ccc(F)cc1. The topological polar surface area (TPSA) is 73.0 Å². The van der Waals surface area contributed by atoms with Gasteiger partial charge in [0.1, 0.15) is 5.82 Å². The highest BCUT2D eigenvalue weighted by atomic mass is 32.2.